The quantitative estimate of drug-likeness (QED) is 0.710. The van der Waals surface area contributed by atoms with Gasteiger partial charge in [-0.3, -0.25) is 9.69 Å². The summed E-state index contributed by atoms with van der Waals surface area (Å²) in [5.41, 5.74) is 3.67. The van der Waals surface area contributed by atoms with Crippen molar-refractivity contribution in [2.45, 2.75) is 20.4 Å². The SMILES string of the molecule is Cc1cc2[nH]c(C(=O)Nc3ccc(F)c(C)c3)c(CN3CCOCC3)c2s1. The van der Waals surface area contributed by atoms with Crippen molar-refractivity contribution >= 4 is 33.1 Å². The number of nitrogens with zero attached hydrogens (tertiary/aromatic N) is 1. The summed E-state index contributed by atoms with van der Waals surface area (Å²) in [7, 11) is 0. The maximum absolute atomic E-state index is 13.5. The molecule has 0 aliphatic carbocycles. The van der Waals surface area contributed by atoms with Crippen molar-refractivity contribution in [3.8, 4) is 0 Å². The number of amides is 1. The molecule has 0 spiro atoms. The van der Waals surface area contributed by atoms with Crippen LogP contribution in [0.2, 0.25) is 0 Å². The Morgan fingerprint density at radius 2 is 2.07 bits per heavy atom. The highest BCUT2D eigenvalue weighted by Crippen LogP contribution is 2.32. The lowest BCUT2D eigenvalue weighted by atomic mass is 10.1. The van der Waals surface area contributed by atoms with Crippen molar-refractivity contribution in [2.24, 2.45) is 0 Å². The van der Waals surface area contributed by atoms with Gasteiger partial charge in [-0.1, -0.05) is 0 Å². The smallest absolute Gasteiger partial charge is 0.272 e. The number of aromatic amines is 1. The predicted octanol–water partition coefficient (Wildman–Crippen LogP) is 4.07. The van der Waals surface area contributed by atoms with Crippen LogP contribution in [-0.2, 0) is 11.3 Å². The molecule has 1 aliphatic heterocycles. The van der Waals surface area contributed by atoms with Gasteiger partial charge in [-0.15, -0.1) is 11.3 Å². The normalized spacial score (nSPS) is 15.4. The maximum atomic E-state index is 13.5. The number of morpholine rings is 1. The largest absolute Gasteiger partial charge is 0.379 e. The predicted molar refractivity (Wildman–Crippen MR) is 106 cm³/mol. The van der Waals surface area contributed by atoms with Gasteiger partial charge in [0, 0.05) is 35.8 Å². The standard InChI is InChI=1S/C20H22FN3O2S/c1-12-9-14(3-4-16(12)21)22-20(25)18-15(11-24-5-7-26-8-6-24)19-17(23-18)10-13(2)27-19/h3-4,9-10,23H,5-8,11H2,1-2H3,(H,22,25). The van der Waals surface area contributed by atoms with Crippen LogP contribution in [0.3, 0.4) is 0 Å². The summed E-state index contributed by atoms with van der Waals surface area (Å²) < 4.78 is 20.0. The highest BCUT2D eigenvalue weighted by molar-refractivity contribution is 7.19. The summed E-state index contributed by atoms with van der Waals surface area (Å²) in [6, 6.07) is 6.67. The van der Waals surface area contributed by atoms with Gasteiger partial charge in [-0.2, -0.15) is 0 Å². The Labute approximate surface area is 161 Å². The molecule has 1 aromatic carbocycles. The van der Waals surface area contributed by atoms with E-state index in [4.69, 9.17) is 4.74 Å². The molecule has 1 saturated heterocycles. The van der Waals surface area contributed by atoms with Gasteiger partial charge >= 0.3 is 0 Å². The van der Waals surface area contributed by atoms with Crippen molar-refractivity contribution in [1.82, 2.24) is 9.88 Å². The molecule has 27 heavy (non-hydrogen) atoms. The summed E-state index contributed by atoms with van der Waals surface area (Å²) in [6.45, 7) is 7.60. The second-order valence-corrected chi connectivity index (χ2v) is 8.14. The first kappa shape index (κ1) is 18.2. The van der Waals surface area contributed by atoms with Gasteiger partial charge in [0.2, 0.25) is 0 Å². The summed E-state index contributed by atoms with van der Waals surface area (Å²) in [5.74, 6) is -0.484. The molecule has 2 aromatic heterocycles. The first-order valence-corrected chi connectivity index (χ1v) is 9.81. The summed E-state index contributed by atoms with van der Waals surface area (Å²) in [4.78, 5) is 19.8. The minimum Gasteiger partial charge on any atom is -0.379 e. The van der Waals surface area contributed by atoms with Crippen LogP contribution in [0.4, 0.5) is 10.1 Å². The number of ether oxygens (including phenoxy) is 1. The molecule has 1 amide bonds. The van der Waals surface area contributed by atoms with Gasteiger partial charge in [-0.05, 0) is 43.7 Å². The van der Waals surface area contributed by atoms with Gasteiger partial charge in [0.15, 0.2) is 0 Å². The Morgan fingerprint density at radius 3 is 2.81 bits per heavy atom. The van der Waals surface area contributed by atoms with Crippen molar-refractivity contribution < 1.29 is 13.9 Å². The molecule has 7 heteroatoms. The molecule has 0 bridgehead atoms. The lowest BCUT2D eigenvalue weighted by molar-refractivity contribution is 0.0343. The number of benzene rings is 1. The molecular formula is C20H22FN3O2S. The molecule has 0 unspecified atom stereocenters. The lowest BCUT2D eigenvalue weighted by Gasteiger charge is -2.26. The first-order chi connectivity index (χ1) is 13.0. The molecule has 0 atom stereocenters. The second kappa shape index (κ2) is 7.42. The van der Waals surface area contributed by atoms with Crippen LogP contribution >= 0.6 is 11.3 Å². The van der Waals surface area contributed by atoms with Crippen LogP contribution in [0.5, 0.6) is 0 Å². The summed E-state index contributed by atoms with van der Waals surface area (Å²) in [6.07, 6.45) is 0. The topological polar surface area (TPSA) is 57.4 Å². The number of aromatic nitrogens is 1. The Balaban J connectivity index is 1.64. The number of rotatable bonds is 4. The van der Waals surface area contributed by atoms with Crippen LogP contribution in [-0.4, -0.2) is 42.1 Å². The molecule has 1 aliphatic rings. The number of carbonyl (C=O) groups is 1. The van der Waals surface area contributed by atoms with Crippen LogP contribution in [0, 0.1) is 19.7 Å². The molecule has 0 saturated carbocycles. The van der Waals surface area contributed by atoms with Crippen LogP contribution in [0.15, 0.2) is 24.3 Å². The highest BCUT2D eigenvalue weighted by atomic mass is 32.1. The molecule has 142 valence electrons. The number of hydrogen-bond donors (Lipinski definition) is 2. The Morgan fingerprint density at radius 1 is 1.30 bits per heavy atom. The molecule has 3 heterocycles. The van der Waals surface area contributed by atoms with E-state index in [0.717, 1.165) is 28.9 Å². The van der Waals surface area contributed by atoms with Gasteiger partial charge in [-0.25, -0.2) is 4.39 Å². The fourth-order valence-corrected chi connectivity index (χ4v) is 4.41. The van der Waals surface area contributed by atoms with E-state index >= 15 is 0 Å². The monoisotopic (exact) mass is 387 g/mol. The average Bonchev–Trinajstić information content (AvgIpc) is 3.16. The fraction of sp³-hybridized carbons (Fsp3) is 0.350. The van der Waals surface area contributed by atoms with E-state index in [9.17, 15) is 9.18 Å². The van der Waals surface area contributed by atoms with Crippen LogP contribution in [0.25, 0.3) is 10.2 Å². The average molecular weight is 387 g/mol. The zero-order valence-corrected chi connectivity index (χ0v) is 16.2. The number of H-pyrrole nitrogens is 1. The van der Waals surface area contributed by atoms with E-state index in [1.807, 2.05) is 0 Å². The zero-order chi connectivity index (χ0) is 19.0. The van der Waals surface area contributed by atoms with Crippen LogP contribution in [0.1, 0.15) is 26.5 Å². The van der Waals surface area contributed by atoms with Gasteiger partial charge < -0.3 is 15.0 Å². The third kappa shape index (κ3) is 3.76. The highest BCUT2D eigenvalue weighted by Gasteiger charge is 2.22. The fourth-order valence-electron chi connectivity index (χ4n) is 3.40. The molecule has 5 nitrogen and oxygen atoms in total. The molecule has 2 N–H and O–H groups in total. The van der Waals surface area contributed by atoms with E-state index in [-0.39, 0.29) is 11.7 Å². The number of anilines is 1. The molecular weight excluding hydrogens is 365 g/mol. The van der Waals surface area contributed by atoms with Gasteiger partial charge in [0.25, 0.3) is 5.91 Å². The number of thiophene rings is 1. The molecule has 0 radical (unpaired) electrons. The van der Waals surface area contributed by atoms with E-state index < -0.39 is 0 Å². The van der Waals surface area contributed by atoms with E-state index in [1.165, 1.54) is 10.9 Å². The number of carbonyl (C=O) groups excluding carboxylic acids is 1. The summed E-state index contributed by atoms with van der Waals surface area (Å²) >= 11 is 1.70. The first-order valence-electron chi connectivity index (χ1n) is 9.00. The van der Waals surface area contributed by atoms with Crippen molar-refractivity contribution in [3.63, 3.8) is 0 Å². The van der Waals surface area contributed by atoms with E-state index in [2.05, 4.69) is 28.2 Å². The van der Waals surface area contributed by atoms with E-state index in [1.54, 1.807) is 30.4 Å². The van der Waals surface area contributed by atoms with Gasteiger partial charge in [0.1, 0.15) is 11.5 Å². The van der Waals surface area contributed by atoms with Crippen molar-refractivity contribution in [3.05, 3.63) is 51.8 Å². The number of nitrogens with one attached hydrogen (secondary N) is 2. The molecule has 4 rings (SSSR count). The summed E-state index contributed by atoms with van der Waals surface area (Å²) in [5, 5.41) is 2.89. The van der Waals surface area contributed by atoms with E-state index in [0.29, 0.717) is 36.7 Å². The number of aryl methyl sites for hydroxylation is 2. The van der Waals surface area contributed by atoms with Crippen molar-refractivity contribution in [2.75, 3.05) is 31.6 Å². The Hall–Kier alpha value is -2.22. The minimum atomic E-state index is -0.281. The van der Waals surface area contributed by atoms with Crippen molar-refractivity contribution in [1.29, 1.82) is 0 Å². The third-order valence-electron chi connectivity index (χ3n) is 4.82. The number of hydrogen-bond acceptors (Lipinski definition) is 4. The van der Waals surface area contributed by atoms with Gasteiger partial charge in [0.05, 0.1) is 23.4 Å². The van der Waals surface area contributed by atoms with Crippen LogP contribution < -0.4 is 5.32 Å². The zero-order valence-electron chi connectivity index (χ0n) is 15.4. The molecule has 3 aromatic rings. The number of fused-ring (bicyclic) bond motifs is 1. The molecule has 1 fully saturated rings. The maximum Gasteiger partial charge on any atom is 0.272 e. The lowest BCUT2D eigenvalue weighted by Crippen LogP contribution is -2.36. The minimum absolute atomic E-state index is 0.203. The second-order valence-electron chi connectivity index (χ2n) is 6.89. The third-order valence-corrected chi connectivity index (χ3v) is 5.93. The Bertz CT molecular complexity index is 989. The Kier molecular flexibility index (Phi) is 4.99. The number of halogens is 1.